The summed E-state index contributed by atoms with van der Waals surface area (Å²) in [7, 11) is 1.30. The average molecular weight is 306 g/mol. The molecule has 1 fully saturated rings. The Morgan fingerprint density at radius 1 is 1.50 bits per heavy atom. The van der Waals surface area contributed by atoms with Crippen LogP contribution in [0.4, 0.5) is 0 Å². The fourth-order valence-corrected chi connectivity index (χ4v) is 2.61. The van der Waals surface area contributed by atoms with E-state index < -0.39 is 12.0 Å². The van der Waals surface area contributed by atoms with Crippen molar-refractivity contribution in [3.63, 3.8) is 0 Å². The highest BCUT2D eigenvalue weighted by molar-refractivity contribution is 5.73. The third-order valence-corrected chi connectivity index (χ3v) is 3.82. The van der Waals surface area contributed by atoms with Gasteiger partial charge in [0.25, 0.3) is 5.56 Å². The summed E-state index contributed by atoms with van der Waals surface area (Å²) in [5.41, 5.74) is 1.13. The topological polar surface area (TPSA) is 78.3 Å². The molecule has 6 heteroatoms. The monoisotopic (exact) mass is 306 g/mol. The molecule has 1 atom stereocenters. The van der Waals surface area contributed by atoms with Crippen molar-refractivity contribution in [2.24, 2.45) is 5.92 Å². The third kappa shape index (κ3) is 3.61. The average Bonchev–Trinajstić information content (AvgIpc) is 3.30. The van der Waals surface area contributed by atoms with Crippen molar-refractivity contribution < 1.29 is 14.3 Å². The Kier molecular flexibility index (Phi) is 5.11. The van der Waals surface area contributed by atoms with Gasteiger partial charge in [-0.2, -0.15) is 5.10 Å². The van der Waals surface area contributed by atoms with E-state index in [0.29, 0.717) is 18.0 Å². The number of methoxy groups -OCH3 is 1. The summed E-state index contributed by atoms with van der Waals surface area (Å²) in [6.45, 7) is 3.93. The van der Waals surface area contributed by atoms with Crippen LogP contribution in [0.15, 0.2) is 10.9 Å². The molecule has 1 aliphatic rings. The van der Waals surface area contributed by atoms with Gasteiger partial charge in [-0.15, -0.1) is 0 Å². The van der Waals surface area contributed by atoms with Crippen LogP contribution >= 0.6 is 0 Å². The first-order valence-corrected chi connectivity index (χ1v) is 7.62. The quantitative estimate of drug-likeness (QED) is 0.565. The summed E-state index contributed by atoms with van der Waals surface area (Å²) in [5, 5.41) is 4.32. The number of hydrogen-bond acceptors (Lipinski definition) is 5. The third-order valence-electron chi connectivity index (χ3n) is 3.82. The summed E-state index contributed by atoms with van der Waals surface area (Å²) in [5.74, 6) is 0.0430. The van der Waals surface area contributed by atoms with Crippen LogP contribution in [0.1, 0.15) is 56.3 Å². The highest BCUT2D eigenvalue weighted by Gasteiger charge is 2.30. The second kappa shape index (κ2) is 6.85. The molecular formula is C16H22N2O4. The Morgan fingerprint density at radius 2 is 2.18 bits per heavy atom. The Hall–Kier alpha value is -1.98. The molecular weight excluding hydrogens is 284 g/mol. The van der Waals surface area contributed by atoms with Crippen LogP contribution in [0, 0.1) is 5.92 Å². The number of aromatic nitrogens is 2. The van der Waals surface area contributed by atoms with Crippen molar-refractivity contribution >= 4 is 12.3 Å². The van der Waals surface area contributed by atoms with Crippen molar-refractivity contribution in [1.29, 1.82) is 0 Å². The van der Waals surface area contributed by atoms with E-state index in [0.717, 1.165) is 24.7 Å². The summed E-state index contributed by atoms with van der Waals surface area (Å²) >= 11 is 0. The molecule has 1 saturated carbocycles. The molecule has 22 heavy (non-hydrogen) atoms. The summed E-state index contributed by atoms with van der Waals surface area (Å²) < 4.78 is 5.98. The Labute approximate surface area is 129 Å². The zero-order chi connectivity index (χ0) is 16.3. The van der Waals surface area contributed by atoms with Gasteiger partial charge in [0.1, 0.15) is 6.29 Å². The predicted octanol–water partition coefficient (Wildman–Crippen LogP) is 1.62. The number of carbonyl (C=O) groups excluding carboxylic acids is 2. The van der Waals surface area contributed by atoms with Gasteiger partial charge >= 0.3 is 5.97 Å². The van der Waals surface area contributed by atoms with Crippen LogP contribution in [0.2, 0.25) is 0 Å². The number of esters is 1. The Balaban J connectivity index is 2.46. The number of hydrogen-bond donors (Lipinski definition) is 0. The van der Waals surface area contributed by atoms with Crippen LogP contribution in [0.5, 0.6) is 0 Å². The number of aldehydes is 1. The zero-order valence-electron chi connectivity index (χ0n) is 13.2. The van der Waals surface area contributed by atoms with E-state index in [1.165, 1.54) is 17.9 Å². The number of carbonyl (C=O) groups is 2. The van der Waals surface area contributed by atoms with E-state index in [-0.39, 0.29) is 17.9 Å². The molecule has 1 heterocycles. The van der Waals surface area contributed by atoms with E-state index in [2.05, 4.69) is 5.10 Å². The molecule has 0 unspecified atom stereocenters. The Morgan fingerprint density at radius 3 is 2.68 bits per heavy atom. The van der Waals surface area contributed by atoms with Crippen molar-refractivity contribution in [3.05, 3.63) is 27.7 Å². The molecule has 0 N–H and O–H groups in total. The van der Waals surface area contributed by atoms with Gasteiger partial charge < -0.3 is 9.53 Å². The van der Waals surface area contributed by atoms with E-state index in [4.69, 9.17) is 4.74 Å². The van der Waals surface area contributed by atoms with Crippen LogP contribution in [-0.2, 0) is 20.7 Å². The van der Waals surface area contributed by atoms with Gasteiger partial charge in [0.2, 0.25) is 0 Å². The lowest BCUT2D eigenvalue weighted by molar-refractivity contribution is -0.145. The molecule has 2 rings (SSSR count). The molecule has 6 nitrogen and oxygen atoms in total. The van der Waals surface area contributed by atoms with Gasteiger partial charge in [-0.05, 0) is 36.7 Å². The summed E-state index contributed by atoms with van der Waals surface area (Å²) in [4.78, 5) is 35.3. The van der Waals surface area contributed by atoms with Gasteiger partial charge in [-0.25, -0.2) is 9.48 Å². The molecule has 1 aromatic rings. The summed E-state index contributed by atoms with van der Waals surface area (Å²) in [6.07, 6.45) is 3.43. The van der Waals surface area contributed by atoms with Crippen LogP contribution in [0.3, 0.4) is 0 Å². The van der Waals surface area contributed by atoms with Gasteiger partial charge in [0.15, 0.2) is 6.04 Å². The minimum absolute atomic E-state index is 0.154. The van der Waals surface area contributed by atoms with E-state index in [1.807, 2.05) is 13.8 Å². The maximum Gasteiger partial charge on any atom is 0.330 e. The maximum absolute atomic E-state index is 12.4. The second-order valence-corrected chi connectivity index (χ2v) is 6.14. The van der Waals surface area contributed by atoms with E-state index >= 15 is 0 Å². The smallest absolute Gasteiger partial charge is 0.330 e. The van der Waals surface area contributed by atoms with Crippen molar-refractivity contribution in [2.45, 2.75) is 51.5 Å². The number of rotatable bonds is 7. The molecule has 1 aliphatic carbocycles. The molecule has 0 spiro atoms. The van der Waals surface area contributed by atoms with Gasteiger partial charge in [0, 0.05) is 12.5 Å². The van der Waals surface area contributed by atoms with Gasteiger partial charge in [0.05, 0.1) is 12.8 Å². The van der Waals surface area contributed by atoms with Crippen LogP contribution in [0.25, 0.3) is 0 Å². The van der Waals surface area contributed by atoms with Crippen LogP contribution in [-0.4, -0.2) is 29.1 Å². The minimum atomic E-state index is -0.754. The van der Waals surface area contributed by atoms with Gasteiger partial charge in [-0.1, -0.05) is 13.8 Å². The fourth-order valence-electron chi connectivity index (χ4n) is 2.61. The van der Waals surface area contributed by atoms with Crippen molar-refractivity contribution in [3.8, 4) is 0 Å². The van der Waals surface area contributed by atoms with E-state index in [9.17, 15) is 14.4 Å². The molecule has 0 aromatic carbocycles. The molecule has 0 aliphatic heterocycles. The number of ether oxygens (including phenoxy) is 1. The van der Waals surface area contributed by atoms with Crippen molar-refractivity contribution in [1.82, 2.24) is 9.78 Å². The second-order valence-electron chi connectivity index (χ2n) is 6.14. The fraction of sp³-hybridized carbons (Fsp3) is 0.625. The Bertz CT molecular complexity index is 617. The molecule has 1 aromatic heterocycles. The SMILES string of the molecule is COC(=O)[C@H](CC(C)C)n1nc(CC=O)c(C2CC2)cc1=O. The normalized spacial score (nSPS) is 15.6. The first-order chi connectivity index (χ1) is 10.5. The zero-order valence-corrected chi connectivity index (χ0v) is 13.2. The van der Waals surface area contributed by atoms with Crippen molar-refractivity contribution in [2.75, 3.05) is 7.11 Å². The molecule has 0 bridgehead atoms. The standard InChI is InChI=1S/C16H22N2O4/c1-10(2)8-14(16(21)22-3)18-15(20)9-12(11-4-5-11)13(17-18)6-7-19/h7,9-11,14H,4-6,8H2,1-3H3/t14-/m0/s1. The van der Waals surface area contributed by atoms with E-state index in [1.54, 1.807) is 0 Å². The lowest BCUT2D eigenvalue weighted by Gasteiger charge is -2.19. The largest absolute Gasteiger partial charge is 0.467 e. The molecule has 0 amide bonds. The first kappa shape index (κ1) is 16.4. The highest BCUT2D eigenvalue weighted by atomic mass is 16.5. The number of nitrogens with zero attached hydrogens (tertiary/aromatic N) is 2. The molecule has 0 radical (unpaired) electrons. The predicted molar refractivity (Wildman–Crippen MR) is 80.7 cm³/mol. The first-order valence-electron chi connectivity index (χ1n) is 7.62. The molecule has 120 valence electrons. The lowest BCUT2D eigenvalue weighted by Crippen LogP contribution is -2.34. The minimum Gasteiger partial charge on any atom is -0.467 e. The molecule has 0 saturated heterocycles. The highest BCUT2D eigenvalue weighted by Crippen LogP contribution is 2.40. The summed E-state index contributed by atoms with van der Waals surface area (Å²) in [6, 6.07) is 0.774. The lowest BCUT2D eigenvalue weighted by atomic mass is 10.0. The van der Waals surface area contributed by atoms with Gasteiger partial charge in [-0.3, -0.25) is 4.79 Å². The van der Waals surface area contributed by atoms with Crippen LogP contribution < -0.4 is 5.56 Å². The maximum atomic E-state index is 12.4.